The molecule has 0 radical (unpaired) electrons. The molecule has 5 heteroatoms. The number of ketones is 1. The second-order valence-electron chi connectivity index (χ2n) is 3.60. The van der Waals surface area contributed by atoms with E-state index in [1.54, 1.807) is 6.07 Å². The number of hydrogen-bond donors (Lipinski definition) is 0. The first-order valence-corrected chi connectivity index (χ1v) is 5.38. The summed E-state index contributed by atoms with van der Waals surface area (Å²) in [5, 5.41) is -0.0407. The Morgan fingerprint density at radius 3 is 2.71 bits per heavy atom. The molecule has 0 N–H and O–H groups in total. The van der Waals surface area contributed by atoms with E-state index in [1.807, 2.05) is 0 Å². The Labute approximate surface area is 104 Å². The van der Waals surface area contributed by atoms with Crippen LogP contribution >= 0.6 is 11.6 Å². The monoisotopic (exact) mass is 258 g/mol. The van der Waals surface area contributed by atoms with E-state index in [0.29, 0.717) is 0 Å². The number of esters is 1. The van der Waals surface area contributed by atoms with E-state index in [4.69, 9.17) is 11.6 Å². The van der Waals surface area contributed by atoms with E-state index >= 15 is 0 Å². The Balaban J connectivity index is 2.81. The fourth-order valence-electron chi connectivity index (χ4n) is 1.33. The average molecular weight is 259 g/mol. The Morgan fingerprint density at radius 1 is 1.47 bits per heavy atom. The zero-order chi connectivity index (χ0) is 13.0. The minimum absolute atomic E-state index is 0.0407. The summed E-state index contributed by atoms with van der Waals surface area (Å²) < 4.78 is 18.0. The Kier molecular flexibility index (Phi) is 4.63. The molecule has 0 aromatic heterocycles. The normalized spacial score (nSPS) is 12.0. The van der Waals surface area contributed by atoms with E-state index in [0.717, 1.165) is 0 Å². The SMILES string of the molecule is COC(=O)C(C)C(=O)Cc1cccc(Cl)c1F. The predicted molar refractivity (Wildman–Crippen MR) is 61.3 cm³/mol. The zero-order valence-electron chi connectivity index (χ0n) is 9.50. The maximum absolute atomic E-state index is 13.5. The third-order valence-electron chi connectivity index (χ3n) is 2.43. The second-order valence-corrected chi connectivity index (χ2v) is 4.01. The van der Waals surface area contributed by atoms with Gasteiger partial charge in [0.05, 0.1) is 12.1 Å². The minimum Gasteiger partial charge on any atom is -0.468 e. The van der Waals surface area contributed by atoms with Gasteiger partial charge < -0.3 is 4.74 Å². The van der Waals surface area contributed by atoms with Crippen LogP contribution < -0.4 is 0 Å². The average Bonchev–Trinajstić information content (AvgIpc) is 2.32. The molecular weight excluding hydrogens is 247 g/mol. The highest BCUT2D eigenvalue weighted by molar-refractivity contribution is 6.30. The van der Waals surface area contributed by atoms with Crippen molar-refractivity contribution >= 4 is 23.4 Å². The summed E-state index contributed by atoms with van der Waals surface area (Å²) in [6.07, 6.45) is -0.178. The second kappa shape index (κ2) is 5.77. The van der Waals surface area contributed by atoms with Gasteiger partial charge in [-0.1, -0.05) is 23.7 Å². The molecule has 0 aliphatic heterocycles. The van der Waals surface area contributed by atoms with Crippen molar-refractivity contribution in [1.29, 1.82) is 0 Å². The molecule has 0 aliphatic rings. The minimum atomic E-state index is -0.904. The third kappa shape index (κ3) is 3.27. The van der Waals surface area contributed by atoms with E-state index in [-0.39, 0.29) is 17.0 Å². The molecule has 92 valence electrons. The first kappa shape index (κ1) is 13.6. The van der Waals surface area contributed by atoms with Crippen LogP contribution in [0.5, 0.6) is 0 Å². The summed E-state index contributed by atoms with van der Waals surface area (Å²) in [6, 6.07) is 4.41. The highest BCUT2D eigenvalue weighted by Crippen LogP contribution is 2.19. The summed E-state index contributed by atoms with van der Waals surface area (Å²) in [6.45, 7) is 1.43. The van der Waals surface area contributed by atoms with Gasteiger partial charge in [0.2, 0.25) is 0 Å². The molecule has 0 aliphatic carbocycles. The van der Waals surface area contributed by atoms with Gasteiger partial charge in [0.1, 0.15) is 11.7 Å². The number of Topliss-reactive ketones (excluding diaryl/α,β-unsaturated/α-hetero) is 1. The van der Waals surface area contributed by atoms with Gasteiger partial charge in [-0.25, -0.2) is 4.39 Å². The summed E-state index contributed by atoms with van der Waals surface area (Å²) in [7, 11) is 1.20. The molecule has 0 heterocycles. The van der Waals surface area contributed by atoms with Crippen molar-refractivity contribution in [2.75, 3.05) is 7.11 Å². The molecule has 17 heavy (non-hydrogen) atoms. The standard InChI is InChI=1S/C12H12ClFO3/c1-7(12(16)17-2)10(15)6-8-4-3-5-9(13)11(8)14/h3-5,7H,6H2,1-2H3. The molecule has 3 nitrogen and oxygen atoms in total. The molecule has 1 aromatic carbocycles. The van der Waals surface area contributed by atoms with Crippen LogP contribution in [0.15, 0.2) is 18.2 Å². The number of rotatable bonds is 4. The van der Waals surface area contributed by atoms with Crippen LogP contribution in [0.25, 0.3) is 0 Å². The van der Waals surface area contributed by atoms with Crippen LogP contribution in [0.2, 0.25) is 5.02 Å². The van der Waals surface area contributed by atoms with E-state index < -0.39 is 23.5 Å². The van der Waals surface area contributed by atoms with Crippen molar-refractivity contribution in [2.24, 2.45) is 5.92 Å². The summed E-state index contributed by atoms with van der Waals surface area (Å²) >= 11 is 5.59. The van der Waals surface area contributed by atoms with E-state index in [9.17, 15) is 14.0 Å². The Hall–Kier alpha value is -1.42. The van der Waals surface area contributed by atoms with E-state index in [1.165, 1.54) is 26.2 Å². The first-order chi connectivity index (χ1) is 7.97. The number of carbonyl (C=O) groups is 2. The summed E-state index contributed by atoms with van der Waals surface area (Å²) in [4.78, 5) is 22.8. The van der Waals surface area contributed by atoms with Crippen molar-refractivity contribution in [3.05, 3.63) is 34.6 Å². The molecule has 1 aromatic rings. The highest BCUT2D eigenvalue weighted by Gasteiger charge is 2.23. The van der Waals surface area contributed by atoms with Crippen molar-refractivity contribution < 1.29 is 18.7 Å². The molecule has 0 fully saturated rings. The van der Waals surface area contributed by atoms with Gasteiger partial charge in [-0.3, -0.25) is 9.59 Å². The molecular formula is C12H12ClFO3. The molecule has 0 amide bonds. The van der Waals surface area contributed by atoms with Crippen molar-refractivity contribution in [3.63, 3.8) is 0 Å². The number of carbonyl (C=O) groups excluding carboxylic acids is 2. The zero-order valence-corrected chi connectivity index (χ0v) is 10.3. The quantitative estimate of drug-likeness (QED) is 0.615. The molecule has 0 saturated carbocycles. The third-order valence-corrected chi connectivity index (χ3v) is 2.73. The number of ether oxygens (including phenoxy) is 1. The Bertz CT molecular complexity index is 445. The van der Waals surface area contributed by atoms with Gasteiger partial charge in [-0.05, 0) is 18.6 Å². The van der Waals surface area contributed by atoms with Gasteiger partial charge in [0, 0.05) is 6.42 Å². The topological polar surface area (TPSA) is 43.4 Å². The smallest absolute Gasteiger partial charge is 0.315 e. The lowest BCUT2D eigenvalue weighted by Gasteiger charge is -2.09. The van der Waals surface area contributed by atoms with Gasteiger partial charge in [0.25, 0.3) is 0 Å². The first-order valence-electron chi connectivity index (χ1n) is 5.00. The van der Waals surface area contributed by atoms with Crippen molar-refractivity contribution in [2.45, 2.75) is 13.3 Å². The molecule has 0 saturated heterocycles. The molecule has 1 unspecified atom stereocenters. The number of methoxy groups -OCH3 is 1. The van der Waals surface area contributed by atoms with Crippen LogP contribution in [0, 0.1) is 11.7 Å². The molecule has 1 rings (SSSR count). The van der Waals surface area contributed by atoms with Gasteiger partial charge in [0.15, 0.2) is 5.78 Å². The fraction of sp³-hybridized carbons (Fsp3) is 0.333. The van der Waals surface area contributed by atoms with Crippen LogP contribution in [0.4, 0.5) is 4.39 Å². The van der Waals surface area contributed by atoms with Crippen LogP contribution in [-0.2, 0) is 20.7 Å². The van der Waals surface area contributed by atoms with E-state index in [2.05, 4.69) is 4.74 Å². The molecule has 1 atom stereocenters. The summed E-state index contributed by atoms with van der Waals surface area (Å²) in [5.74, 6) is -2.56. The fourth-order valence-corrected chi connectivity index (χ4v) is 1.53. The molecule has 0 bridgehead atoms. The number of benzene rings is 1. The highest BCUT2D eigenvalue weighted by atomic mass is 35.5. The van der Waals surface area contributed by atoms with Gasteiger partial charge >= 0.3 is 5.97 Å². The lowest BCUT2D eigenvalue weighted by atomic mass is 9.99. The van der Waals surface area contributed by atoms with Crippen molar-refractivity contribution in [1.82, 2.24) is 0 Å². The predicted octanol–water partition coefficient (Wildman–Crippen LogP) is 2.40. The largest absolute Gasteiger partial charge is 0.468 e. The summed E-state index contributed by atoms with van der Waals surface area (Å²) in [5.41, 5.74) is 0.179. The van der Waals surface area contributed by atoms with Crippen LogP contribution in [-0.4, -0.2) is 18.9 Å². The van der Waals surface area contributed by atoms with Crippen LogP contribution in [0.3, 0.4) is 0 Å². The maximum Gasteiger partial charge on any atom is 0.315 e. The van der Waals surface area contributed by atoms with Crippen LogP contribution in [0.1, 0.15) is 12.5 Å². The van der Waals surface area contributed by atoms with Gasteiger partial charge in [-0.2, -0.15) is 0 Å². The van der Waals surface area contributed by atoms with Crippen molar-refractivity contribution in [3.8, 4) is 0 Å². The lowest BCUT2D eigenvalue weighted by Crippen LogP contribution is -2.24. The molecule has 0 spiro atoms. The lowest BCUT2D eigenvalue weighted by molar-refractivity contribution is -0.148. The number of hydrogen-bond acceptors (Lipinski definition) is 3. The van der Waals surface area contributed by atoms with Gasteiger partial charge in [-0.15, -0.1) is 0 Å². The Morgan fingerprint density at radius 2 is 2.12 bits per heavy atom. The number of halogens is 2. The maximum atomic E-state index is 13.5.